The number of alkyl halides is 3. The normalized spacial score (nSPS) is 13.4. The number of hydrogen-bond acceptors (Lipinski definition) is 4. The van der Waals surface area contributed by atoms with E-state index in [4.69, 9.17) is 5.84 Å². The molecule has 0 aliphatic heterocycles. The third-order valence-corrected chi connectivity index (χ3v) is 3.12. The Kier molecular flexibility index (Phi) is 4.59. The summed E-state index contributed by atoms with van der Waals surface area (Å²) in [5.41, 5.74) is 2.25. The molecule has 1 atom stereocenters. The molecular weight excluding hydrogens is 283 g/mol. The molecule has 5 nitrogen and oxygen atoms in total. The molecule has 2 aromatic rings. The van der Waals surface area contributed by atoms with E-state index in [9.17, 15) is 13.2 Å². The van der Waals surface area contributed by atoms with Gasteiger partial charge in [-0.2, -0.15) is 13.2 Å². The zero-order valence-corrected chi connectivity index (χ0v) is 11.4. The zero-order valence-electron chi connectivity index (χ0n) is 11.4. The lowest BCUT2D eigenvalue weighted by Crippen LogP contribution is -2.32. The van der Waals surface area contributed by atoms with Crippen LogP contribution in [0.3, 0.4) is 0 Å². The highest BCUT2D eigenvalue weighted by molar-refractivity contribution is 5.36. The fraction of sp³-hybridized carbons (Fsp3) is 0.385. The average Bonchev–Trinajstić information content (AvgIpc) is 2.88. The molecule has 0 bridgehead atoms. The number of benzene rings is 1. The highest BCUT2D eigenvalue weighted by atomic mass is 19.4. The maximum atomic E-state index is 13.1. The maximum Gasteiger partial charge on any atom is 0.416 e. The van der Waals surface area contributed by atoms with Crippen molar-refractivity contribution < 1.29 is 13.2 Å². The van der Waals surface area contributed by atoms with Crippen molar-refractivity contribution in [2.24, 2.45) is 5.84 Å². The van der Waals surface area contributed by atoms with Gasteiger partial charge >= 0.3 is 6.18 Å². The summed E-state index contributed by atoms with van der Waals surface area (Å²) in [5, 5.41) is 7.65. The van der Waals surface area contributed by atoms with Gasteiger partial charge in [0.05, 0.1) is 23.5 Å². The number of nitrogens with zero attached hydrogens (tertiary/aromatic N) is 3. The SMILES string of the molecule is CCCn1nncc1C(NN)c1ccccc1C(F)(F)F. The van der Waals surface area contributed by atoms with Crippen molar-refractivity contribution in [3.05, 3.63) is 47.3 Å². The van der Waals surface area contributed by atoms with Crippen molar-refractivity contribution in [2.45, 2.75) is 32.1 Å². The van der Waals surface area contributed by atoms with Crippen LogP contribution in [0.2, 0.25) is 0 Å². The first-order chi connectivity index (χ1) is 9.99. The second-order valence-electron chi connectivity index (χ2n) is 4.57. The summed E-state index contributed by atoms with van der Waals surface area (Å²) < 4.78 is 40.9. The first-order valence-corrected chi connectivity index (χ1v) is 6.49. The van der Waals surface area contributed by atoms with Gasteiger partial charge in [0.25, 0.3) is 0 Å². The third kappa shape index (κ3) is 3.22. The number of nitrogens with two attached hydrogens (primary N) is 1. The van der Waals surface area contributed by atoms with Crippen LogP contribution in [0.25, 0.3) is 0 Å². The van der Waals surface area contributed by atoms with Crippen LogP contribution in [0.1, 0.15) is 36.2 Å². The minimum Gasteiger partial charge on any atom is -0.271 e. The zero-order chi connectivity index (χ0) is 15.5. The molecule has 21 heavy (non-hydrogen) atoms. The molecule has 0 saturated carbocycles. The van der Waals surface area contributed by atoms with Crippen LogP contribution >= 0.6 is 0 Å². The Morgan fingerprint density at radius 2 is 2.05 bits per heavy atom. The van der Waals surface area contributed by atoms with Crippen molar-refractivity contribution in [3.63, 3.8) is 0 Å². The Morgan fingerprint density at radius 3 is 2.67 bits per heavy atom. The van der Waals surface area contributed by atoms with E-state index in [2.05, 4.69) is 15.7 Å². The molecule has 1 heterocycles. The van der Waals surface area contributed by atoms with Gasteiger partial charge in [0.2, 0.25) is 0 Å². The second-order valence-corrected chi connectivity index (χ2v) is 4.57. The molecule has 0 aliphatic carbocycles. The molecule has 0 radical (unpaired) electrons. The third-order valence-electron chi connectivity index (χ3n) is 3.12. The molecule has 0 fully saturated rings. The first kappa shape index (κ1) is 15.5. The van der Waals surface area contributed by atoms with Crippen LogP contribution in [-0.4, -0.2) is 15.0 Å². The van der Waals surface area contributed by atoms with Gasteiger partial charge in [-0.15, -0.1) is 5.10 Å². The molecule has 1 aromatic heterocycles. The number of hydrogen-bond donors (Lipinski definition) is 2. The van der Waals surface area contributed by atoms with E-state index in [0.29, 0.717) is 12.2 Å². The van der Waals surface area contributed by atoms with Gasteiger partial charge in [-0.3, -0.25) is 5.84 Å². The Labute approximate surface area is 119 Å². The lowest BCUT2D eigenvalue weighted by atomic mass is 9.98. The van der Waals surface area contributed by atoms with Gasteiger partial charge in [0.1, 0.15) is 0 Å². The van der Waals surface area contributed by atoms with Crippen LogP contribution in [0.15, 0.2) is 30.5 Å². The van der Waals surface area contributed by atoms with E-state index < -0.39 is 17.8 Å². The minimum absolute atomic E-state index is 0.0483. The molecule has 0 amide bonds. The van der Waals surface area contributed by atoms with Gasteiger partial charge in [-0.05, 0) is 18.1 Å². The van der Waals surface area contributed by atoms with Crippen LogP contribution < -0.4 is 11.3 Å². The first-order valence-electron chi connectivity index (χ1n) is 6.49. The van der Waals surface area contributed by atoms with Gasteiger partial charge in [-0.25, -0.2) is 10.1 Å². The number of halogens is 3. The van der Waals surface area contributed by atoms with Crippen molar-refractivity contribution in [2.75, 3.05) is 0 Å². The number of hydrazine groups is 1. The minimum atomic E-state index is -4.45. The Morgan fingerprint density at radius 1 is 1.33 bits per heavy atom. The van der Waals surface area contributed by atoms with Gasteiger partial charge in [0.15, 0.2) is 0 Å². The van der Waals surface area contributed by atoms with Crippen LogP contribution in [0.5, 0.6) is 0 Å². The number of aromatic nitrogens is 3. The predicted molar refractivity (Wildman–Crippen MR) is 70.9 cm³/mol. The fourth-order valence-corrected chi connectivity index (χ4v) is 2.22. The van der Waals surface area contributed by atoms with E-state index in [0.717, 1.165) is 12.5 Å². The molecule has 0 spiro atoms. The quantitative estimate of drug-likeness (QED) is 0.656. The van der Waals surface area contributed by atoms with Crippen LogP contribution in [-0.2, 0) is 12.7 Å². The van der Waals surface area contributed by atoms with Crippen molar-refractivity contribution in [1.29, 1.82) is 0 Å². The number of nitrogens with one attached hydrogen (secondary N) is 1. The maximum absolute atomic E-state index is 13.1. The molecule has 114 valence electrons. The standard InChI is InChI=1S/C13H16F3N5/c1-2-7-21-11(8-18-20-21)12(19-17)9-5-3-4-6-10(9)13(14,15)16/h3-6,8,12,19H,2,7,17H2,1H3. The topological polar surface area (TPSA) is 68.8 Å². The molecule has 8 heteroatoms. The molecule has 0 aliphatic rings. The van der Waals surface area contributed by atoms with Crippen molar-refractivity contribution in [1.82, 2.24) is 20.4 Å². The molecular formula is C13H16F3N5. The average molecular weight is 299 g/mol. The number of rotatable bonds is 5. The molecule has 1 aromatic carbocycles. The van der Waals surface area contributed by atoms with Gasteiger partial charge in [-0.1, -0.05) is 30.3 Å². The largest absolute Gasteiger partial charge is 0.416 e. The summed E-state index contributed by atoms with van der Waals surface area (Å²) in [6, 6.07) is 4.50. The number of aryl methyl sites for hydroxylation is 1. The van der Waals surface area contributed by atoms with Crippen LogP contribution in [0.4, 0.5) is 13.2 Å². The lowest BCUT2D eigenvalue weighted by Gasteiger charge is -2.21. The smallest absolute Gasteiger partial charge is 0.271 e. The molecule has 0 saturated heterocycles. The van der Waals surface area contributed by atoms with E-state index in [1.165, 1.54) is 18.3 Å². The molecule has 1 unspecified atom stereocenters. The fourth-order valence-electron chi connectivity index (χ4n) is 2.22. The summed E-state index contributed by atoms with van der Waals surface area (Å²) in [6.45, 7) is 2.50. The lowest BCUT2D eigenvalue weighted by molar-refractivity contribution is -0.138. The van der Waals surface area contributed by atoms with Crippen molar-refractivity contribution >= 4 is 0 Å². The van der Waals surface area contributed by atoms with Crippen LogP contribution in [0, 0.1) is 0 Å². The molecule has 2 rings (SSSR count). The summed E-state index contributed by atoms with van der Waals surface area (Å²) in [4.78, 5) is 0. The molecule has 3 N–H and O–H groups in total. The highest BCUT2D eigenvalue weighted by Crippen LogP contribution is 2.36. The Bertz CT molecular complexity index is 593. The van der Waals surface area contributed by atoms with Crippen molar-refractivity contribution in [3.8, 4) is 0 Å². The summed E-state index contributed by atoms with van der Waals surface area (Å²) >= 11 is 0. The van der Waals surface area contributed by atoms with Gasteiger partial charge in [0, 0.05) is 6.54 Å². The van der Waals surface area contributed by atoms with E-state index >= 15 is 0 Å². The summed E-state index contributed by atoms with van der Waals surface area (Å²) in [6.07, 6.45) is -2.24. The highest BCUT2D eigenvalue weighted by Gasteiger charge is 2.35. The Hall–Kier alpha value is -1.93. The second kappa shape index (κ2) is 6.23. The predicted octanol–water partition coefficient (Wildman–Crippen LogP) is 2.26. The monoisotopic (exact) mass is 299 g/mol. The summed E-state index contributed by atoms with van der Waals surface area (Å²) in [5.74, 6) is 5.49. The van der Waals surface area contributed by atoms with Gasteiger partial charge < -0.3 is 0 Å². The van der Waals surface area contributed by atoms with E-state index in [-0.39, 0.29) is 5.56 Å². The van der Waals surface area contributed by atoms with E-state index in [1.54, 1.807) is 10.7 Å². The van der Waals surface area contributed by atoms with E-state index in [1.807, 2.05) is 6.92 Å². The Balaban J connectivity index is 2.50. The summed E-state index contributed by atoms with van der Waals surface area (Å²) in [7, 11) is 0.